The number of aryl methyl sites for hydroxylation is 1. The number of piperidine rings is 2. The molecule has 2 aliphatic rings. The lowest BCUT2D eigenvalue weighted by Gasteiger charge is -2.47. The summed E-state index contributed by atoms with van der Waals surface area (Å²) in [5.74, 6) is 1.24. The summed E-state index contributed by atoms with van der Waals surface area (Å²) < 4.78 is 5.21. The number of hydrogen-bond acceptors (Lipinski definition) is 3. The van der Waals surface area contributed by atoms with E-state index in [9.17, 15) is 4.79 Å². The Morgan fingerprint density at radius 3 is 2.58 bits per heavy atom. The van der Waals surface area contributed by atoms with Crippen molar-refractivity contribution in [3.8, 4) is 5.75 Å². The molecule has 132 valence electrons. The van der Waals surface area contributed by atoms with Crippen molar-refractivity contribution >= 4 is 5.91 Å². The molecule has 2 heterocycles. The molecule has 0 aliphatic carbocycles. The minimum Gasteiger partial charge on any atom is -0.497 e. The van der Waals surface area contributed by atoms with Crippen LogP contribution < -0.4 is 10.1 Å². The maximum absolute atomic E-state index is 12.5. The van der Waals surface area contributed by atoms with Gasteiger partial charge >= 0.3 is 0 Å². The van der Waals surface area contributed by atoms with Crippen molar-refractivity contribution in [2.45, 2.75) is 51.5 Å². The van der Waals surface area contributed by atoms with Crippen LogP contribution in [0.25, 0.3) is 0 Å². The van der Waals surface area contributed by atoms with E-state index in [4.69, 9.17) is 4.74 Å². The fourth-order valence-electron chi connectivity index (χ4n) is 4.13. The predicted octanol–water partition coefficient (Wildman–Crippen LogP) is 3.01. The Balaban J connectivity index is 1.57. The molecule has 1 unspecified atom stereocenters. The zero-order valence-corrected chi connectivity index (χ0v) is 15.0. The molecular formula is C20H30N2O2. The Bertz CT molecular complexity index is 549. The third kappa shape index (κ3) is 3.92. The molecule has 4 nitrogen and oxygen atoms in total. The molecule has 1 N–H and O–H groups in total. The van der Waals surface area contributed by atoms with Crippen molar-refractivity contribution in [2.24, 2.45) is 5.41 Å². The molecule has 2 aliphatic heterocycles. The number of methoxy groups -OCH3 is 1. The highest BCUT2D eigenvalue weighted by molar-refractivity contribution is 5.77. The number of likely N-dealkylation sites (tertiary alicyclic amines) is 1. The number of carbonyl (C=O) groups is 1. The minimum atomic E-state index is 0.312. The van der Waals surface area contributed by atoms with Gasteiger partial charge in [0.25, 0.3) is 0 Å². The van der Waals surface area contributed by atoms with Crippen LogP contribution in [0.15, 0.2) is 24.3 Å². The smallest absolute Gasteiger partial charge is 0.222 e. The van der Waals surface area contributed by atoms with E-state index in [2.05, 4.69) is 29.3 Å². The second-order valence-corrected chi connectivity index (χ2v) is 7.51. The van der Waals surface area contributed by atoms with Gasteiger partial charge in [0.15, 0.2) is 0 Å². The average Bonchev–Trinajstić information content (AvgIpc) is 2.63. The van der Waals surface area contributed by atoms with E-state index in [1.165, 1.54) is 18.4 Å². The molecule has 1 amide bonds. The number of amides is 1. The molecule has 1 aromatic rings. The fraction of sp³-hybridized carbons (Fsp3) is 0.650. The largest absolute Gasteiger partial charge is 0.497 e. The standard InChI is InChI=1S/C20H30N2O2/c1-16(3-4-17-5-7-18(24-2)8-6-17)22-15-20(10-9-19(22)23)11-13-21-14-12-20/h5-8,16,21H,3-4,9-15H2,1-2H3. The minimum absolute atomic E-state index is 0.312. The monoisotopic (exact) mass is 330 g/mol. The van der Waals surface area contributed by atoms with Gasteiger partial charge < -0.3 is 15.0 Å². The number of ether oxygens (including phenoxy) is 1. The second kappa shape index (κ2) is 7.56. The maximum Gasteiger partial charge on any atom is 0.222 e. The third-order valence-corrected chi connectivity index (χ3v) is 5.90. The Morgan fingerprint density at radius 1 is 1.21 bits per heavy atom. The SMILES string of the molecule is COc1ccc(CCC(C)N2CC3(CCNCC3)CCC2=O)cc1. The van der Waals surface area contributed by atoms with Crippen LogP contribution in [0.5, 0.6) is 5.75 Å². The first kappa shape index (κ1) is 17.3. The Hall–Kier alpha value is -1.55. The van der Waals surface area contributed by atoms with Crippen molar-refractivity contribution in [1.29, 1.82) is 0 Å². The molecule has 1 spiro atoms. The van der Waals surface area contributed by atoms with Crippen molar-refractivity contribution < 1.29 is 9.53 Å². The molecule has 2 fully saturated rings. The van der Waals surface area contributed by atoms with E-state index in [-0.39, 0.29) is 0 Å². The van der Waals surface area contributed by atoms with Crippen LogP contribution in [-0.4, -0.2) is 43.6 Å². The zero-order chi connectivity index (χ0) is 17.0. The van der Waals surface area contributed by atoms with E-state index in [1.807, 2.05) is 12.1 Å². The summed E-state index contributed by atoms with van der Waals surface area (Å²) in [6.07, 6.45) is 6.25. The van der Waals surface area contributed by atoms with E-state index in [1.54, 1.807) is 7.11 Å². The number of hydrogen-bond donors (Lipinski definition) is 1. The molecular weight excluding hydrogens is 300 g/mol. The van der Waals surface area contributed by atoms with Crippen LogP contribution in [0, 0.1) is 5.41 Å². The summed E-state index contributed by atoms with van der Waals surface area (Å²) in [7, 11) is 1.69. The van der Waals surface area contributed by atoms with E-state index < -0.39 is 0 Å². The average molecular weight is 330 g/mol. The summed E-state index contributed by atoms with van der Waals surface area (Å²) in [6.45, 7) is 5.36. The summed E-state index contributed by atoms with van der Waals surface area (Å²) in [5, 5.41) is 3.45. The molecule has 0 aromatic heterocycles. The van der Waals surface area contributed by atoms with E-state index in [0.717, 1.165) is 51.1 Å². The van der Waals surface area contributed by atoms with Crippen molar-refractivity contribution in [3.63, 3.8) is 0 Å². The molecule has 1 aromatic carbocycles. The highest BCUT2D eigenvalue weighted by Crippen LogP contribution is 2.39. The quantitative estimate of drug-likeness (QED) is 0.902. The van der Waals surface area contributed by atoms with Gasteiger partial charge in [-0.1, -0.05) is 12.1 Å². The van der Waals surface area contributed by atoms with Gasteiger partial charge in [-0.05, 0) is 75.2 Å². The summed E-state index contributed by atoms with van der Waals surface area (Å²) in [4.78, 5) is 14.6. The van der Waals surface area contributed by atoms with E-state index in [0.29, 0.717) is 17.4 Å². The molecule has 0 bridgehead atoms. The lowest BCUT2D eigenvalue weighted by atomic mass is 9.72. The summed E-state index contributed by atoms with van der Waals surface area (Å²) >= 11 is 0. The van der Waals surface area contributed by atoms with E-state index >= 15 is 0 Å². The fourth-order valence-corrected chi connectivity index (χ4v) is 4.13. The predicted molar refractivity (Wildman–Crippen MR) is 96.3 cm³/mol. The van der Waals surface area contributed by atoms with Gasteiger partial charge in [-0.2, -0.15) is 0 Å². The topological polar surface area (TPSA) is 41.6 Å². The van der Waals surface area contributed by atoms with Crippen molar-refractivity contribution in [1.82, 2.24) is 10.2 Å². The van der Waals surface area contributed by atoms with Gasteiger partial charge in [0.1, 0.15) is 5.75 Å². The highest BCUT2D eigenvalue weighted by atomic mass is 16.5. The van der Waals surface area contributed by atoms with Gasteiger partial charge in [0.05, 0.1) is 7.11 Å². The molecule has 0 saturated carbocycles. The van der Waals surface area contributed by atoms with Gasteiger partial charge in [-0.3, -0.25) is 4.79 Å². The van der Waals surface area contributed by atoms with Gasteiger partial charge in [0, 0.05) is 19.0 Å². The molecule has 1 atom stereocenters. The van der Waals surface area contributed by atoms with Gasteiger partial charge in [-0.15, -0.1) is 0 Å². The first-order valence-electron chi connectivity index (χ1n) is 9.25. The van der Waals surface area contributed by atoms with Crippen LogP contribution in [0.2, 0.25) is 0 Å². The number of carbonyl (C=O) groups excluding carboxylic acids is 1. The lowest BCUT2D eigenvalue weighted by Crippen LogP contribution is -2.53. The second-order valence-electron chi connectivity index (χ2n) is 7.51. The van der Waals surface area contributed by atoms with Gasteiger partial charge in [-0.25, -0.2) is 0 Å². The normalized spacial score (nSPS) is 21.8. The van der Waals surface area contributed by atoms with Crippen LogP contribution in [0.4, 0.5) is 0 Å². The van der Waals surface area contributed by atoms with Crippen molar-refractivity contribution in [3.05, 3.63) is 29.8 Å². The lowest BCUT2D eigenvalue weighted by molar-refractivity contribution is -0.141. The number of rotatable bonds is 5. The van der Waals surface area contributed by atoms with Crippen LogP contribution >= 0.6 is 0 Å². The molecule has 2 saturated heterocycles. The Morgan fingerprint density at radius 2 is 1.92 bits per heavy atom. The van der Waals surface area contributed by atoms with Gasteiger partial charge in [0.2, 0.25) is 5.91 Å². The Labute approximate surface area is 145 Å². The van der Waals surface area contributed by atoms with Crippen LogP contribution in [0.1, 0.15) is 44.6 Å². The molecule has 4 heteroatoms. The molecule has 24 heavy (non-hydrogen) atoms. The zero-order valence-electron chi connectivity index (χ0n) is 15.0. The highest BCUT2D eigenvalue weighted by Gasteiger charge is 2.40. The summed E-state index contributed by atoms with van der Waals surface area (Å²) in [5.41, 5.74) is 1.68. The number of benzene rings is 1. The maximum atomic E-state index is 12.5. The number of nitrogens with zero attached hydrogens (tertiary/aromatic N) is 1. The third-order valence-electron chi connectivity index (χ3n) is 5.90. The summed E-state index contributed by atoms with van der Waals surface area (Å²) in [6, 6.07) is 8.58. The van der Waals surface area contributed by atoms with Crippen LogP contribution in [0.3, 0.4) is 0 Å². The number of nitrogens with one attached hydrogen (secondary N) is 1. The first-order chi connectivity index (χ1) is 11.6. The first-order valence-corrected chi connectivity index (χ1v) is 9.25. The van der Waals surface area contributed by atoms with Crippen molar-refractivity contribution in [2.75, 3.05) is 26.7 Å². The molecule has 3 rings (SSSR count). The Kier molecular flexibility index (Phi) is 5.44. The van der Waals surface area contributed by atoms with Crippen LogP contribution in [-0.2, 0) is 11.2 Å². The molecule has 0 radical (unpaired) electrons.